The third-order valence-corrected chi connectivity index (χ3v) is 5.48. The van der Waals surface area contributed by atoms with Crippen LogP contribution in [-0.2, 0) is 0 Å². The number of carbonyl (C=O) groups excluding carboxylic acids is 1. The van der Waals surface area contributed by atoms with Crippen LogP contribution in [0.25, 0.3) is 0 Å². The number of ether oxygens (including phenoxy) is 2. The second-order valence-electron chi connectivity index (χ2n) is 7.63. The fraction of sp³-hybridized carbons (Fsp3) is 0.208. The van der Waals surface area contributed by atoms with E-state index in [1.807, 2.05) is 59.5 Å². The van der Waals surface area contributed by atoms with Crippen LogP contribution in [-0.4, -0.2) is 12.7 Å². The fourth-order valence-corrected chi connectivity index (χ4v) is 3.86. The van der Waals surface area contributed by atoms with Gasteiger partial charge in [-0.1, -0.05) is 44.2 Å². The first-order valence-electron chi connectivity index (χ1n) is 9.80. The van der Waals surface area contributed by atoms with Gasteiger partial charge in [-0.05, 0) is 53.4 Å². The number of amides is 1. The van der Waals surface area contributed by atoms with Crippen molar-refractivity contribution in [2.75, 3.05) is 17.0 Å². The number of benzene rings is 3. The predicted octanol–water partition coefficient (Wildman–Crippen LogP) is 5.31. The van der Waals surface area contributed by atoms with Crippen molar-refractivity contribution >= 4 is 17.3 Å². The summed E-state index contributed by atoms with van der Waals surface area (Å²) in [7, 11) is 0. The first-order valence-corrected chi connectivity index (χ1v) is 9.80. The lowest BCUT2D eigenvalue weighted by atomic mass is 10.00. The van der Waals surface area contributed by atoms with E-state index in [2.05, 4.69) is 31.3 Å². The van der Waals surface area contributed by atoms with Gasteiger partial charge in [0.15, 0.2) is 11.5 Å². The number of nitrogens with zero attached hydrogens (tertiary/aromatic N) is 1. The number of para-hydroxylation sites is 1. The van der Waals surface area contributed by atoms with Gasteiger partial charge < -0.3 is 14.8 Å². The summed E-state index contributed by atoms with van der Waals surface area (Å²) >= 11 is 0. The molecule has 0 aliphatic carbocycles. The van der Waals surface area contributed by atoms with Gasteiger partial charge in [0.05, 0.1) is 5.56 Å². The zero-order valence-corrected chi connectivity index (χ0v) is 16.4. The lowest BCUT2D eigenvalue weighted by molar-refractivity contribution is 0.0975. The van der Waals surface area contributed by atoms with Crippen LogP contribution >= 0.6 is 0 Å². The normalized spacial score (nSPS) is 17.3. The number of rotatable bonds is 3. The van der Waals surface area contributed by atoms with Crippen LogP contribution in [0.2, 0.25) is 0 Å². The number of hydrogen-bond acceptors (Lipinski definition) is 4. The molecule has 3 aromatic carbocycles. The molecule has 1 atom stereocenters. The quantitative estimate of drug-likeness (QED) is 0.663. The van der Waals surface area contributed by atoms with Crippen molar-refractivity contribution in [1.29, 1.82) is 0 Å². The Hall–Kier alpha value is -3.47. The maximum absolute atomic E-state index is 13.5. The molecule has 3 aromatic rings. The molecule has 2 heterocycles. The highest BCUT2D eigenvalue weighted by molar-refractivity contribution is 6.12. The Morgan fingerprint density at radius 3 is 2.52 bits per heavy atom. The van der Waals surface area contributed by atoms with Crippen molar-refractivity contribution in [1.82, 2.24) is 0 Å². The van der Waals surface area contributed by atoms with E-state index < -0.39 is 0 Å². The van der Waals surface area contributed by atoms with Crippen LogP contribution in [0.3, 0.4) is 0 Å². The summed E-state index contributed by atoms with van der Waals surface area (Å²) in [5, 5.41) is 3.53. The average Bonchev–Trinajstić information content (AvgIpc) is 3.22. The highest BCUT2D eigenvalue weighted by atomic mass is 16.7. The standard InChI is InChI=1S/C24H22N2O3/c1-15(2)16-7-10-18(11-8-16)26-23(17-9-12-21-22(13-17)29-14-28-21)25-20-6-4-3-5-19(20)24(26)27/h3-13,15,23,25H,14H2,1-2H3/t23-/m0/s1. The molecule has 1 N–H and O–H groups in total. The van der Waals surface area contributed by atoms with Gasteiger partial charge in [-0.15, -0.1) is 0 Å². The monoisotopic (exact) mass is 386 g/mol. The molecule has 2 aliphatic rings. The largest absolute Gasteiger partial charge is 0.454 e. The number of nitrogens with one attached hydrogen (secondary N) is 1. The van der Waals surface area contributed by atoms with Crippen molar-refractivity contribution in [3.05, 3.63) is 83.4 Å². The fourth-order valence-electron chi connectivity index (χ4n) is 3.86. The summed E-state index contributed by atoms with van der Waals surface area (Å²) in [6, 6.07) is 21.6. The maximum Gasteiger partial charge on any atom is 0.262 e. The molecular formula is C24H22N2O3. The molecule has 1 amide bonds. The minimum absolute atomic E-state index is 0.0284. The van der Waals surface area contributed by atoms with E-state index in [0.717, 1.165) is 22.7 Å². The van der Waals surface area contributed by atoms with Crippen LogP contribution in [0, 0.1) is 0 Å². The van der Waals surface area contributed by atoms with Crippen LogP contribution < -0.4 is 19.7 Å². The maximum atomic E-state index is 13.5. The van der Waals surface area contributed by atoms with E-state index in [4.69, 9.17) is 9.47 Å². The third-order valence-electron chi connectivity index (χ3n) is 5.48. The van der Waals surface area contributed by atoms with Gasteiger partial charge >= 0.3 is 0 Å². The van der Waals surface area contributed by atoms with E-state index in [0.29, 0.717) is 17.2 Å². The van der Waals surface area contributed by atoms with E-state index in [1.54, 1.807) is 0 Å². The summed E-state index contributed by atoms with van der Waals surface area (Å²) in [6.07, 6.45) is -0.350. The second-order valence-corrected chi connectivity index (χ2v) is 7.63. The van der Waals surface area contributed by atoms with E-state index in [1.165, 1.54) is 5.56 Å². The van der Waals surface area contributed by atoms with Gasteiger partial charge in [0.1, 0.15) is 6.17 Å². The number of anilines is 2. The number of carbonyl (C=O) groups is 1. The molecule has 0 radical (unpaired) electrons. The minimum Gasteiger partial charge on any atom is -0.454 e. The van der Waals surface area contributed by atoms with Gasteiger partial charge in [-0.25, -0.2) is 0 Å². The molecule has 0 saturated heterocycles. The summed E-state index contributed by atoms with van der Waals surface area (Å²) in [5.74, 6) is 1.83. The first-order chi connectivity index (χ1) is 14.1. The SMILES string of the molecule is CC(C)c1ccc(N2C(=O)c3ccccc3N[C@@H]2c2ccc3c(c2)OCO3)cc1. The Morgan fingerprint density at radius 1 is 0.966 bits per heavy atom. The Morgan fingerprint density at radius 2 is 1.72 bits per heavy atom. The first kappa shape index (κ1) is 17.6. The lowest BCUT2D eigenvalue weighted by Gasteiger charge is -2.38. The van der Waals surface area contributed by atoms with E-state index in [9.17, 15) is 4.79 Å². The molecule has 0 saturated carbocycles. The van der Waals surface area contributed by atoms with Gasteiger partial charge in [0.2, 0.25) is 6.79 Å². The molecule has 0 spiro atoms. The van der Waals surface area contributed by atoms with E-state index in [-0.39, 0.29) is 18.9 Å². The van der Waals surface area contributed by atoms with Crippen LogP contribution in [0.15, 0.2) is 66.7 Å². The summed E-state index contributed by atoms with van der Waals surface area (Å²) in [6.45, 7) is 4.54. The molecule has 0 fully saturated rings. The molecule has 0 bridgehead atoms. The van der Waals surface area contributed by atoms with Crippen molar-refractivity contribution in [2.45, 2.75) is 25.9 Å². The van der Waals surface area contributed by atoms with Gasteiger partial charge in [-0.3, -0.25) is 9.69 Å². The second kappa shape index (κ2) is 6.85. The highest BCUT2D eigenvalue weighted by Gasteiger charge is 2.34. The molecule has 5 rings (SSSR count). The third kappa shape index (κ3) is 2.99. The Labute approximate surface area is 169 Å². The molecule has 5 nitrogen and oxygen atoms in total. The summed E-state index contributed by atoms with van der Waals surface area (Å²) in [5.41, 5.74) is 4.52. The van der Waals surface area contributed by atoms with E-state index >= 15 is 0 Å². The molecule has 2 aliphatic heterocycles. The topological polar surface area (TPSA) is 50.8 Å². The highest BCUT2D eigenvalue weighted by Crippen LogP contribution is 2.40. The molecule has 0 unspecified atom stereocenters. The van der Waals surface area contributed by atoms with Gasteiger partial charge in [-0.2, -0.15) is 0 Å². The molecular weight excluding hydrogens is 364 g/mol. The average molecular weight is 386 g/mol. The Bertz CT molecular complexity index is 1080. The summed E-state index contributed by atoms with van der Waals surface area (Å²) in [4.78, 5) is 15.3. The molecule has 5 heteroatoms. The van der Waals surface area contributed by atoms with Crippen LogP contribution in [0.4, 0.5) is 11.4 Å². The van der Waals surface area contributed by atoms with Gasteiger partial charge in [0, 0.05) is 11.4 Å². The predicted molar refractivity (Wildman–Crippen MR) is 113 cm³/mol. The molecule has 29 heavy (non-hydrogen) atoms. The molecule has 0 aromatic heterocycles. The minimum atomic E-state index is -0.350. The van der Waals surface area contributed by atoms with Crippen molar-refractivity contribution in [3.8, 4) is 11.5 Å². The number of fused-ring (bicyclic) bond motifs is 2. The lowest BCUT2D eigenvalue weighted by Crippen LogP contribution is -2.43. The Kier molecular flexibility index (Phi) is 4.16. The zero-order valence-electron chi connectivity index (χ0n) is 16.4. The van der Waals surface area contributed by atoms with Crippen LogP contribution in [0.5, 0.6) is 11.5 Å². The van der Waals surface area contributed by atoms with Crippen molar-refractivity contribution < 1.29 is 14.3 Å². The molecule has 146 valence electrons. The van der Waals surface area contributed by atoms with Crippen molar-refractivity contribution in [3.63, 3.8) is 0 Å². The van der Waals surface area contributed by atoms with Crippen LogP contribution in [0.1, 0.15) is 47.4 Å². The summed E-state index contributed by atoms with van der Waals surface area (Å²) < 4.78 is 11.0. The number of hydrogen-bond donors (Lipinski definition) is 1. The smallest absolute Gasteiger partial charge is 0.262 e. The zero-order chi connectivity index (χ0) is 20.0. The van der Waals surface area contributed by atoms with Gasteiger partial charge in [0.25, 0.3) is 5.91 Å². The Balaban J connectivity index is 1.61. The van der Waals surface area contributed by atoms with Crippen molar-refractivity contribution in [2.24, 2.45) is 0 Å².